The quantitative estimate of drug-likeness (QED) is 0.797. The van der Waals surface area contributed by atoms with E-state index in [1.54, 1.807) is 0 Å². The summed E-state index contributed by atoms with van der Waals surface area (Å²) in [6.45, 7) is 6.46. The zero-order valence-corrected chi connectivity index (χ0v) is 16.3. The molecular weight excluding hydrogens is 296 g/mol. The lowest BCUT2D eigenvalue weighted by atomic mass is 10.1. The van der Waals surface area contributed by atoms with Gasteiger partial charge in [0.2, 0.25) is 0 Å². The van der Waals surface area contributed by atoms with Gasteiger partial charge in [-0.05, 0) is 50.7 Å². The maximum Gasteiger partial charge on any atom is 0.131 e. The molecule has 3 nitrogen and oxygen atoms in total. The van der Waals surface area contributed by atoms with E-state index in [1.807, 2.05) is 0 Å². The van der Waals surface area contributed by atoms with Gasteiger partial charge in [0.05, 0.1) is 19.0 Å². The molecule has 2 unspecified atom stereocenters. The monoisotopic (exact) mass is 324 g/mol. The van der Waals surface area contributed by atoms with Crippen LogP contribution in [0.4, 0.5) is 0 Å². The third-order valence-corrected chi connectivity index (χ3v) is 9.45. The Morgan fingerprint density at radius 1 is 0.810 bits per heavy atom. The van der Waals surface area contributed by atoms with Gasteiger partial charge >= 0.3 is 0 Å². The third kappa shape index (κ3) is 2.81. The molecule has 0 radical (unpaired) electrons. The normalized spacial score (nSPS) is 35.1. The van der Waals surface area contributed by atoms with Gasteiger partial charge in [-0.1, -0.05) is 13.1 Å². The van der Waals surface area contributed by atoms with Gasteiger partial charge in [0, 0.05) is 13.2 Å². The van der Waals surface area contributed by atoms with Crippen LogP contribution in [0, 0.1) is 0 Å². The molecule has 2 atom stereocenters. The molecule has 3 rings (SSSR count). The average molecular weight is 325 g/mol. The number of hydrogen-bond donors (Lipinski definition) is 0. The zero-order chi connectivity index (χ0) is 14.8. The summed E-state index contributed by atoms with van der Waals surface area (Å²) in [5.41, 5.74) is 0. The molecule has 1 aromatic rings. The topological polar surface area (TPSA) is 31.6 Å². The Bertz CT molecular complexity index is 419. The molecule has 2 saturated heterocycles. The molecule has 118 valence electrons. The van der Waals surface area contributed by atoms with Crippen LogP contribution in [0.25, 0.3) is 0 Å². The molecular formula is C16H28O3Si2. The predicted octanol–water partition coefficient (Wildman–Crippen LogP) is 2.42. The highest BCUT2D eigenvalue weighted by molar-refractivity contribution is 6.38. The summed E-state index contributed by atoms with van der Waals surface area (Å²) >= 11 is 0. The van der Waals surface area contributed by atoms with Gasteiger partial charge in [-0.3, -0.25) is 0 Å². The second-order valence-electron chi connectivity index (χ2n) is 6.47. The molecule has 0 amide bonds. The van der Waals surface area contributed by atoms with Crippen molar-refractivity contribution in [3.8, 4) is 0 Å². The lowest BCUT2D eigenvalue weighted by Gasteiger charge is -2.36. The van der Waals surface area contributed by atoms with Gasteiger partial charge in [0.1, 0.15) is 22.0 Å². The fraction of sp³-hybridized carbons (Fsp3) is 0.750. The van der Waals surface area contributed by atoms with E-state index in [9.17, 15) is 0 Å². The van der Waals surface area contributed by atoms with Crippen LogP contribution in [0.1, 0.15) is 50.0 Å². The minimum Gasteiger partial charge on any atom is -0.461 e. The van der Waals surface area contributed by atoms with Crippen molar-refractivity contribution in [3.63, 3.8) is 0 Å². The van der Waals surface area contributed by atoms with E-state index in [-0.39, 0.29) is 29.5 Å². The molecule has 5 heteroatoms. The first-order valence-corrected chi connectivity index (χ1v) is 12.9. The molecule has 1 aromatic heterocycles. The second kappa shape index (κ2) is 6.40. The van der Waals surface area contributed by atoms with Crippen LogP contribution in [0.3, 0.4) is 0 Å². The van der Waals surface area contributed by atoms with Gasteiger partial charge < -0.3 is 13.9 Å². The number of ether oxygens (including phenoxy) is 2. The first kappa shape index (κ1) is 15.5. The SMILES string of the molecule is C[SiH2]C1(c2ccc(C3([SiH2]C)CCCCO3)o2)CCCCO1. The first-order chi connectivity index (χ1) is 10.2. The Morgan fingerprint density at radius 3 is 1.62 bits per heavy atom. The van der Waals surface area contributed by atoms with Gasteiger partial charge in [0.15, 0.2) is 0 Å². The van der Waals surface area contributed by atoms with Crippen molar-refractivity contribution in [1.82, 2.24) is 0 Å². The Hall–Kier alpha value is -0.366. The van der Waals surface area contributed by atoms with E-state index in [0.717, 1.165) is 37.6 Å². The van der Waals surface area contributed by atoms with Gasteiger partial charge in [0.25, 0.3) is 0 Å². The molecule has 2 aliphatic rings. The molecule has 0 saturated carbocycles. The standard InChI is InChI=1S/C16H28O3Si2/c1-20-15(9-3-5-11-17-15)13-7-8-14(19-13)16(21-2)10-4-6-12-18-16/h7-8H,3-6,9-12,20-21H2,1-2H3. The van der Waals surface area contributed by atoms with Crippen LogP contribution in [0.2, 0.25) is 13.1 Å². The van der Waals surface area contributed by atoms with E-state index in [2.05, 4.69) is 25.2 Å². The van der Waals surface area contributed by atoms with Crippen molar-refractivity contribution >= 4 is 19.0 Å². The van der Waals surface area contributed by atoms with Crippen LogP contribution in [0.5, 0.6) is 0 Å². The second-order valence-corrected chi connectivity index (χ2v) is 10.2. The van der Waals surface area contributed by atoms with E-state index in [0.29, 0.717) is 0 Å². The van der Waals surface area contributed by atoms with Crippen molar-refractivity contribution in [2.24, 2.45) is 0 Å². The third-order valence-electron chi connectivity index (χ3n) is 5.35. The molecule has 2 aliphatic heterocycles. The highest BCUT2D eigenvalue weighted by Gasteiger charge is 2.40. The molecule has 0 aliphatic carbocycles. The Balaban J connectivity index is 1.88. The Morgan fingerprint density at radius 2 is 1.29 bits per heavy atom. The molecule has 0 N–H and O–H groups in total. The van der Waals surface area contributed by atoms with Crippen LogP contribution in [0.15, 0.2) is 16.5 Å². The lowest BCUT2D eigenvalue weighted by molar-refractivity contribution is -0.0524. The fourth-order valence-electron chi connectivity index (χ4n) is 3.83. The van der Waals surface area contributed by atoms with Crippen LogP contribution < -0.4 is 0 Å². The van der Waals surface area contributed by atoms with Crippen LogP contribution in [-0.4, -0.2) is 32.3 Å². The molecule has 0 aromatic carbocycles. The maximum atomic E-state index is 6.37. The van der Waals surface area contributed by atoms with Gasteiger partial charge in [-0.2, -0.15) is 0 Å². The minimum atomic E-state index is -0.323. The van der Waals surface area contributed by atoms with Crippen LogP contribution >= 0.6 is 0 Å². The van der Waals surface area contributed by atoms with Gasteiger partial charge in [-0.25, -0.2) is 0 Å². The van der Waals surface area contributed by atoms with Crippen molar-refractivity contribution in [3.05, 3.63) is 23.7 Å². The van der Waals surface area contributed by atoms with E-state index in [4.69, 9.17) is 13.9 Å². The summed E-state index contributed by atoms with van der Waals surface area (Å²) in [5, 5.41) is -0.108. The lowest BCUT2D eigenvalue weighted by Crippen LogP contribution is -2.39. The molecule has 3 heterocycles. The Labute approximate surface area is 132 Å². The predicted molar refractivity (Wildman–Crippen MR) is 90.5 cm³/mol. The zero-order valence-electron chi connectivity index (χ0n) is 13.5. The van der Waals surface area contributed by atoms with E-state index >= 15 is 0 Å². The fourth-order valence-corrected chi connectivity index (χ4v) is 6.81. The van der Waals surface area contributed by atoms with Gasteiger partial charge in [-0.15, -0.1) is 0 Å². The van der Waals surface area contributed by atoms with Crippen molar-refractivity contribution in [2.45, 2.75) is 62.1 Å². The van der Waals surface area contributed by atoms with E-state index in [1.165, 1.54) is 25.7 Å². The largest absolute Gasteiger partial charge is 0.461 e. The summed E-state index contributed by atoms with van der Waals surface area (Å²) in [7, 11) is -0.646. The van der Waals surface area contributed by atoms with E-state index < -0.39 is 0 Å². The van der Waals surface area contributed by atoms with Crippen LogP contribution in [-0.2, 0) is 19.9 Å². The highest BCUT2D eigenvalue weighted by atomic mass is 28.2. The highest BCUT2D eigenvalue weighted by Crippen LogP contribution is 2.40. The molecule has 21 heavy (non-hydrogen) atoms. The summed E-state index contributed by atoms with van der Waals surface area (Å²) in [4.78, 5) is 0. The summed E-state index contributed by atoms with van der Waals surface area (Å²) < 4.78 is 18.8. The minimum absolute atomic E-state index is 0.0539. The smallest absolute Gasteiger partial charge is 0.131 e. The molecule has 2 fully saturated rings. The summed E-state index contributed by atoms with van der Waals surface area (Å²) in [5.74, 6) is 2.17. The number of hydrogen-bond acceptors (Lipinski definition) is 3. The summed E-state index contributed by atoms with van der Waals surface area (Å²) in [6.07, 6.45) is 7.19. The van der Waals surface area contributed by atoms with Crippen molar-refractivity contribution in [2.75, 3.05) is 13.2 Å². The van der Waals surface area contributed by atoms with Crippen molar-refractivity contribution < 1.29 is 13.9 Å². The number of furan rings is 1. The number of rotatable bonds is 4. The molecule has 0 spiro atoms. The average Bonchev–Trinajstić information content (AvgIpc) is 3.07. The molecule has 0 bridgehead atoms. The Kier molecular flexibility index (Phi) is 4.73. The first-order valence-electron chi connectivity index (χ1n) is 8.63. The summed E-state index contributed by atoms with van der Waals surface area (Å²) in [6, 6.07) is 4.36. The van der Waals surface area contributed by atoms with Crippen molar-refractivity contribution in [1.29, 1.82) is 0 Å². The maximum absolute atomic E-state index is 6.37.